The first kappa shape index (κ1) is 20.8. The molecule has 1 atom stereocenters. The van der Waals surface area contributed by atoms with Gasteiger partial charge >= 0.3 is 0 Å². The first-order chi connectivity index (χ1) is 14.7. The number of rotatable bonds is 6. The maximum Gasteiger partial charge on any atom is 0.242 e. The van der Waals surface area contributed by atoms with Crippen LogP contribution in [0.2, 0.25) is 5.02 Å². The van der Waals surface area contributed by atoms with Crippen molar-refractivity contribution < 1.29 is 9.53 Å². The lowest BCUT2D eigenvalue weighted by molar-refractivity contribution is -0.115. The van der Waals surface area contributed by atoms with Crippen molar-refractivity contribution in [3.05, 3.63) is 64.9 Å². The van der Waals surface area contributed by atoms with E-state index in [4.69, 9.17) is 16.3 Å². The van der Waals surface area contributed by atoms with E-state index in [1.807, 2.05) is 30.3 Å². The summed E-state index contributed by atoms with van der Waals surface area (Å²) in [5.41, 5.74) is 1.53. The molecule has 0 fully saturated rings. The van der Waals surface area contributed by atoms with E-state index >= 15 is 0 Å². The number of benzene rings is 2. The number of hydrogen-bond acceptors (Lipinski definition) is 5. The largest absolute Gasteiger partial charge is 0.495 e. The van der Waals surface area contributed by atoms with Gasteiger partial charge in [0.2, 0.25) is 5.91 Å². The first-order valence-corrected chi connectivity index (χ1v) is 11.2. The van der Waals surface area contributed by atoms with Gasteiger partial charge in [-0.05, 0) is 36.6 Å². The summed E-state index contributed by atoms with van der Waals surface area (Å²) in [6.07, 6.45) is 4.35. The molecular formula is C22H23ClN4O2S. The molecule has 2 heterocycles. The van der Waals surface area contributed by atoms with Crippen LogP contribution in [0.3, 0.4) is 0 Å². The van der Waals surface area contributed by atoms with Crippen molar-refractivity contribution in [3.63, 3.8) is 0 Å². The molecule has 1 aromatic heterocycles. The van der Waals surface area contributed by atoms with E-state index in [9.17, 15) is 4.79 Å². The molecule has 2 aromatic carbocycles. The summed E-state index contributed by atoms with van der Waals surface area (Å²) in [7, 11) is 1.56. The lowest BCUT2D eigenvalue weighted by Crippen LogP contribution is -2.19. The molecule has 156 valence electrons. The van der Waals surface area contributed by atoms with Crippen LogP contribution in [0.1, 0.15) is 35.9 Å². The SMILES string of the molecule is COc1ccc(NC(=O)C(Sc2nnc3n2CCCCC3)c2ccccc2)cc1Cl. The number of aryl methyl sites for hydroxylation is 1. The highest BCUT2D eigenvalue weighted by molar-refractivity contribution is 8.00. The minimum absolute atomic E-state index is 0.140. The third kappa shape index (κ3) is 4.63. The number of halogens is 1. The van der Waals surface area contributed by atoms with Crippen molar-refractivity contribution in [1.82, 2.24) is 14.8 Å². The highest BCUT2D eigenvalue weighted by Crippen LogP contribution is 2.37. The molecule has 0 radical (unpaired) electrons. The van der Waals surface area contributed by atoms with Gasteiger partial charge in [-0.2, -0.15) is 0 Å². The number of anilines is 1. The Labute approximate surface area is 185 Å². The number of methoxy groups -OCH3 is 1. The standard InChI is InChI=1S/C22H23ClN4O2S/c1-29-18-12-11-16(14-17(18)23)24-21(28)20(15-8-4-2-5-9-15)30-22-26-25-19-10-6-3-7-13-27(19)22/h2,4-5,8-9,11-12,14,20H,3,6-7,10,13H2,1H3,(H,24,28). The molecule has 0 saturated heterocycles. The quantitative estimate of drug-likeness (QED) is 0.535. The van der Waals surface area contributed by atoms with E-state index in [2.05, 4.69) is 20.1 Å². The fraction of sp³-hybridized carbons (Fsp3) is 0.318. The van der Waals surface area contributed by atoms with Crippen molar-refractivity contribution in [2.45, 2.75) is 42.6 Å². The number of ether oxygens (including phenoxy) is 1. The Morgan fingerprint density at radius 2 is 2.00 bits per heavy atom. The van der Waals surface area contributed by atoms with Crippen LogP contribution < -0.4 is 10.1 Å². The molecule has 1 N–H and O–H groups in total. The Hall–Kier alpha value is -2.51. The number of carbonyl (C=O) groups excluding carboxylic acids is 1. The van der Waals surface area contributed by atoms with E-state index in [1.54, 1.807) is 25.3 Å². The number of amides is 1. The molecule has 0 spiro atoms. The van der Waals surface area contributed by atoms with Crippen molar-refractivity contribution in [2.75, 3.05) is 12.4 Å². The monoisotopic (exact) mass is 442 g/mol. The molecule has 0 aliphatic carbocycles. The highest BCUT2D eigenvalue weighted by Gasteiger charge is 2.26. The molecule has 0 bridgehead atoms. The van der Waals surface area contributed by atoms with Gasteiger partial charge < -0.3 is 14.6 Å². The molecule has 30 heavy (non-hydrogen) atoms. The fourth-order valence-corrected chi connectivity index (χ4v) is 4.84. The summed E-state index contributed by atoms with van der Waals surface area (Å²) in [4.78, 5) is 13.3. The number of nitrogens with one attached hydrogen (secondary N) is 1. The van der Waals surface area contributed by atoms with E-state index < -0.39 is 5.25 Å². The second-order valence-electron chi connectivity index (χ2n) is 7.11. The van der Waals surface area contributed by atoms with Crippen LogP contribution in [0.15, 0.2) is 53.7 Å². The molecule has 6 nitrogen and oxygen atoms in total. The number of carbonyl (C=O) groups is 1. The number of aromatic nitrogens is 3. The number of thioether (sulfide) groups is 1. The first-order valence-electron chi connectivity index (χ1n) is 9.94. The van der Waals surface area contributed by atoms with Crippen LogP contribution in [-0.2, 0) is 17.8 Å². The lowest BCUT2D eigenvalue weighted by Gasteiger charge is -2.17. The van der Waals surface area contributed by atoms with Gasteiger partial charge in [0.05, 0.1) is 12.1 Å². The Bertz CT molecular complexity index is 1030. The van der Waals surface area contributed by atoms with E-state index in [0.717, 1.165) is 42.4 Å². The highest BCUT2D eigenvalue weighted by atomic mass is 35.5. The minimum Gasteiger partial charge on any atom is -0.495 e. The van der Waals surface area contributed by atoms with Crippen molar-refractivity contribution in [2.24, 2.45) is 0 Å². The smallest absolute Gasteiger partial charge is 0.242 e. The van der Waals surface area contributed by atoms with Crippen molar-refractivity contribution in [3.8, 4) is 5.75 Å². The maximum atomic E-state index is 13.3. The van der Waals surface area contributed by atoms with Crippen LogP contribution in [-0.4, -0.2) is 27.8 Å². The van der Waals surface area contributed by atoms with Gasteiger partial charge in [-0.3, -0.25) is 4.79 Å². The van der Waals surface area contributed by atoms with Gasteiger partial charge in [-0.15, -0.1) is 10.2 Å². The number of hydrogen-bond donors (Lipinski definition) is 1. The summed E-state index contributed by atoms with van der Waals surface area (Å²) in [5.74, 6) is 1.43. The third-order valence-electron chi connectivity index (χ3n) is 5.06. The average Bonchev–Trinajstić information content (AvgIpc) is 2.98. The van der Waals surface area contributed by atoms with Gasteiger partial charge in [-0.1, -0.05) is 60.1 Å². The zero-order chi connectivity index (χ0) is 20.9. The fourth-order valence-electron chi connectivity index (χ4n) is 3.50. The third-order valence-corrected chi connectivity index (χ3v) is 6.59. The normalized spacial score (nSPS) is 14.5. The maximum absolute atomic E-state index is 13.3. The van der Waals surface area contributed by atoms with E-state index in [-0.39, 0.29) is 5.91 Å². The van der Waals surface area contributed by atoms with Gasteiger partial charge in [0.15, 0.2) is 5.16 Å². The molecule has 1 aliphatic rings. The average molecular weight is 443 g/mol. The van der Waals surface area contributed by atoms with Crippen LogP contribution in [0, 0.1) is 0 Å². The van der Waals surface area contributed by atoms with Gasteiger partial charge in [0.1, 0.15) is 16.8 Å². The predicted octanol–water partition coefficient (Wildman–Crippen LogP) is 5.14. The van der Waals surface area contributed by atoms with E-state index in [1.165, 1.54) is 18.2 Å². The zero-order valence-electron chi connectivity index (χ0n) is 16.7. The Morgan fingerprint density at radius 3 is 2.77 bits per heavy atom. The second kappa shape index (κ2) is 9.53. The summed E-state index contributed by atoms with van der Waals surface area (Å²) in [6, 6.07) is 14.9. The lowest BCUT2D eigenvalue weighted by atomic mass is 10.1. The zero-order valence-corrected chi connectivity index (χ0v) is 18.2. The van der Waals surface area contributed by atoms with Crippen LogP contribution in [0.4, 0.5) is 5.69 Å². The molecular weight excluding hydrogens is 420 g/mol. The predicted molar refractivity (Wildman–Crippen MR) is 119 cm³/mol. The molecule has 1 amide bonds. The Morgan fingerprint density at radius 1 is 1.17 bits per heavy atom. The Balaban J connectivity index is 1.60. The molecule has 1 aliphatic heterocycles. The van der Waals surface area contributed by atoms with Crippen LogP contribution in [0.25, 0.3) is 0 Å². The van der Waals surface area contributed by atoms with Crippen molar-refractivity contribution >= 4 is 35.0 Å². The van der Waals surface area contributed by atoms with Gasteiger partial charge in [-0.25, -0.2) is 0 Å². The number of nitrogens with zero attached hydrogens (tertiary/aromatic N) is 3. The molecule has 0 saturated carbocycles. The van der Waals surface area contributed by atoms with E-state index in [0.29, 0.717) is 16.5 Å². The summed E-state index contributed by atoms with van der Waals surface area (Å²) in [5, 5.41) is 12.5. The molecule has 8 heteroatoms. The van der Waals surface area contributed by atoms with Crippen molar-refractivity contribution in [1.29, 1.82) is 0 Å². The molecule has 1 unspecified atom stereocenters. The summed E-state index contributed by atoms with van der Waals surface area (Å²) in [6.45, 7) is 0.891. The molecule has 3 aromatic rings. The van der Waals surface area contributed by atoms with Crippen LogP contribution >= 0.6 is 23.4 Å². The number of fused-ring (bicyclic) bond motifs is 1. The minimum atomic E-state index is -0.469. The van der Waals surface area contributed by atoms with Crippen LogP contribution in [0.5, 0.6) is 5.75 Å². The summed E-state index contributed by atoms with van der Waals surface area (Å²) < 4.78 is 7.35. The Kier molecular flexibility index (Phi) is 6.59. The summed E-state index contributed by atoms with van der Waals surface area (Å²) >= 11 is 7.65. The molecule has 4 rings (SSSR count). The van der Waals surface area contributed by atoms with Gasteiger partial charge in [0.25, 0.3) is 0 Å². The second-order valence-corrected chi connectivity index (χ2v) is 8.59. The topological polar surface area (TPSA) is 69.0 Å². The van der Waals surface area contributed by atoms with Gasteiger partial charge in [0, 0.05) is 18.7 Å².